The molecule has 1 saturated heterocycles. The normalized spacial score (nSPS) is 16.7. The maximum absolute atomic E-state index is 13.0. The van der Waals surface area contributed by atoms with E-state index in [9.17, 15) is 14.4 Å². The van der Waals surface area contributed by atoms with Crippen LogP contribution < -0.4 is 10.9 Å². The lowest BCUT2D eigenvalue weighted by Crippen LogP contribution is -2.40. The Hall–Kier alpha value is -3.49. The molecule has 0 bridgehead atoms. The lowest BCUT2D eigenvalue weighted by molar-refractivity contribution is -0.131. The molecule has 0 saturated carbocycles. The van der Waals surface area contributed by atoms with Crippen LogP contribution in [0.1, 0.15) is 37.1 Å². The van der Waals surface area contributed by atoms with Crippen LogP contribution >= 0.6 is 0 Å². The van der Waals surface area contributed by atoms with Crippen LogP contribution in [0.4, 0.5) is 5.69 Å². The molecule has 3 aromatic rings. The van der Waals surface area contributed by atoms with E-state index in [0.717, 1.165) is 18.5 Å². The van der Waals surface area contributed by atoms with E-state index in [0.29, 0.717) is 35.2 Å². The summed E-state index contributed by atoms with van der Waals surface area (Å²) in [5.74, 6) is -0.134. The molecule has 2 amide bonds. The molecular weight excluding hydrogens is 372 g/mol. The average Bonchev–Trinajstić information content (AvgIpc) is 3.18. The number of hydrogen-bond acceptors (Lipinski definition) is 5. The number of piperidine rings is 1. The third-order valence-electron chi connectivity index (χ3n) is 5.26. The second kappa shape index (κ2) is 7.86. The molecule has 29 heavy (non-hydrogen) atoms. The Bertz CT molecular complexity index is 1120. The molecule has 1 aliphatic rings. The number of carbonyl (C=O) groups excluding carboxylic acids is 2. The summed E-state index contributed by atoms with van der Waals surface area (Å²) in [6.07, 6.45) is 3.46. The number of anilines is 1. The number of amides is 2. The van der Waals surface area contributed by atoms with Gasteiger partial charge in [0.25, 0.3) is 5.56 Å². The zero-order valence-corrected chi connectivity index (χ0v) is 16.1. The minimum atomic E-state index is -0.264. The summed E-state index contributed by atoms with van der Waals surface area (Å²) < 4.78 is 0. The summed E-state index contributed by atoms with van der Waals surface area (Å²) in [5.41, 5.74) is 1.79. The number of nitrogens with zero attached hydrogens (tertiary/aromatic N) is 3. The first-order chi connectivity index (χ1) is 14.0. The number of H-pyrrole nitrogens is 2. The van der Waals surface area contributed by atoms with E-state index in [2.05, 4.69) is 25.7 Å². The third-order valence-corrected chi connectivity index (χ3v) is 5.26. The van der Waals surface area contributed by atoms with Crippen molar-refractivity contribution >= 4 is 28.3 Å². The highest BCUT2D eigenvalue weighted by molar-refractivity contribution is 5.89. The second-order valence-corrected chi connectivity index (χ2v) is 7.28. The second-order valence-electron chi connectivity index (χ2n) is 7.28. The lowest BCUT2D eigenvalue weighted by atomic mass is 9.93. The van der Waals surface area contributed by atoms with Crippen molar-refractivity contribution < 1.29 is 9.59 Å². The molecule has 4 rings (SSSR count). The summed E-state index contributed by atoms with van der Waals surface area (Å²) in [5, 5.41) is 17.6. The van der Waals surface area contributed by atoms with Crippen LogP contribution in [0.25, 0.3) is 10.8 Å². The van der Waals surface area contributed by atoms with Crippen molar-refractivity contribution in [2.75, 3.05) is 18.4 Å². The maximum atomic E-state index is 13.0. The molecule has 0 radical (unpaired) electrons. The Labute approximate surface area is 166 Å². The number of likely N-dealkylation sites (tertiary alicyclic amines) is 1. The molecule has 3 N–H and O–H groups in total. The number of carbonyl (C=O) groups is 2. The van der Waals surface area contributed by atoms with Gasteiger partial charge in [-0.05, 0) is 18.9 Å². The molecular formula is C20H22N6O3. The van der Waals surface area contributed by atoms with Gasteiger partial charge in [-0.15, -0.1) is 0 Å². The van der Waals surface area contributed by atoms with Crippen molar-refractivity contribution in [2.45, 2.75) is 32.1 Å². The monoisotopic (exact) mass is 394 g/mol. The van der Waals surface area contributed by atoms with Crippen LogP contribution in [-0.2, 0) is 16.0 Å². The maximum Gasteiger partial charge on any atom is 0.272 e. The Morgan fingerprint density at radius 3 is 2.83 bits per heavy atom. The number of rotatable bonds is 4. The van der Waals surface area contributed by atoms with Gasteiger partial charge in [-0.2, -0.15) is 10.2 Å². The highest BCUT2D eigenvalue weighted by atomic mass is 16.2. The molecule has 3 heterocycles. The number of hydrogen-bond donors (Lipinski definition) is 3. The van der Waals surface area contributed by atoms with Crippen LogP contribution in [0.5, 0.6) is 0 Å². The third kappa shape index (κ3) is 3.89. The number of benzene rings is 1. The van der Waals surface area contributed by atoms with E-state index >= 15 is 0 Å². The number of nitrogens with one attached hydrogen (secondary N) is 3. The molecule has 0 aliphatic carbocycles. The SMILES string of the molecule is CC(=O)Nc1cn[nH]c1C1CCCN(C(=O)Cc2n[nH]c(=O)c3ccccc23)C1. The first-order valence-electron chi connectivity index (χ1n) is 9.58. The van der Waals surface area contributed by atoms with Gasteiger partial charge in [-0.25, -0.2) is 5.10 Å². The number of aromatic amines is 2. The summed E-state index contributed by atoms with van der Waals surface area (Å²) in [6.45, 7) is 2.66. The molecule has 9 nitrogen and oxygen atoms in total. The fraction of sp³-hybridized carbons (Fsp3) is 0.350. The minimum Gasteiger partial charge on any atom is -0.342 e. The van der Waals surface area contributed by atoms with Gasteiger partial charge in [0.05, 0.1) is 35.1 Å². The fourth-order valence-corrected chi connectivity index (χ4v) is 3.90. The largest absolute Gasteiger partial charge is 0.342 e. The Kier molecular flexibility index (Phi) is 5.11. The van der Waals surface area contributed by atoms with E-state index in [4.69, 9.17) is 0 Å². The van der Waals surface area contributed by atoms with Gasteiger partial charge in [0.15, 0.2) is 0 Å². The molecule has 1 fully saturated rings. The van der Waals surface area contributed by atoms with Crippen molar-refractivity contribution in [1.82, 2.24) is 25.3 Å². The number of aromatic nitrogens is 4. The standard InChI is InChI=1S/C20H22N6O3/c1-12(27)22-17-10-21-24-19(17)13-5-4-8-26(11-13)18(28)9-16-14-6-2-3-7-15(14)20(29)25-23-16/h2-3,6-7,10,13H,4-5,8-9,11H2,1H3,(H,21,24)(H,22,27)(H,25,29). The molecule has 9 heteroatoms. The molecule has 2 aromatic heterocycles. The van der Waals surface area contributed by atoms with Gasteiger partial charge in [-0.1, -0.05) is 18.2 Å². The van der Waals surface area contributed by atoms with Gasteiger partial charge < -0.3 is 10.2 Å². The number of fused-ring (bicyclic) bond motifs is 1. The fourth-order valence-electron chi connectivity index (χ4n) is 3.90. The summed E-state index contributed by atoms with van der Waals surface area (Å²) in [6, 6.07) is 7.15. The van der Waals surface area contributed by atoms with Gasteiger partial charge in [0.2, 0.25) is 11.8 Å². The molecule has 1 aliphatic heterocycles. The highest BCUT2D eigenvalue weighted by Crippen LogP contribution is 2.30. The van der Waals surface area contributed by atoms with Crippen molar-refractivity contribution in [3.05, 3.63) is 52.2 Å². The Morgan fingerprint density at radius 2 is 2.03 bits per heavy atom. The van der Waals surface area contributed by atoms with Crippen molar-refractivity contribution in [1.29, 1.82) is 0 Å². The van der Waals surface area contributed by atoms with Crippen LogP contribution in [0.15, 0.2) is 35.3 Å². The minimum absolute atomic E-state index is 0.0417. The van der Waals surface area contributed by atoms with Crippen molar-refractivity contribution in [3.8, 4) is 0 Å². The van der Waals surface area contributed by atoms with Gasteiger partial charge in [0, 0.05) is 31.3 Å². The van der Waals surface area contributed by atoms with E-state index in [-0.39, 0.29) is 29.7 Å². The van der Waals surface area contributed by atoms with Crippen molar-refractivity contribution in [3.63, 3.8) is 0 Å². The Balaban J connectivity index is 1.52. The Morgan fingerprint density at radius 1 is 1.24 bits per heavy atom. The average molecular weight is 394 g/mol. The van der Waals surface area contributed by atoms with E-state index in [1.165, 1.54) is 6.92 Å². The first-order valence-corrected chi connectivity index (χ1v) is 9.58. The summed E-state index contributed by atoms with van der Waals surface area (Å²) in [4.78, 5) is 38.1. The van der Waals surface area contributed by atoms with E-state index in [1.54, 1.807) is 18.3 Å². The smallest absolute Gasteiger partial charge is 0.272 e. The predicted molar refractivity (Wildman–Crippen MR) is 108 cm³/mol. The molecule has 1 unspecified atom stereocenters. The van der Waals surface area contributed by atoms with E-state index in [1.807, 2.05) is 17.0 Å². The molecule has 1 atom stereocenters. The molecule has 1 aromatic carbocycles. The van der Waals surface area contributed by atoms with Gasteiger partial charge >= 0.3 is 0 Å². The molecule has 0 spiro atoms. The molecule has 150 valence electrons. The predicted octanol–water partition coefficient (Wildman–Crippen LogP) is 1.55. The van der Waals surface area contributed by atoms with Crippen molar-refractivity contribution in [2.24, 2.45) is 0 Å². The highest BCUT2D eigenvalue weighted by Gasteiger charge is 2.28. The van der Waals surface area contributed by atoms with Crippen LogP contribution in [0.2, 0.25) is 0 Å². The van der Waals surface area contributed by atoms with Crippen LogP contribution in [0.3, 0.4) is 0 Å². The van der Waals surface area contributed by atoms with Crippen LogP contribution in [0, 0.1) is 0 Å². The van der Waals surface area contributed by atoms with Gasteiger partial charge in [-0.3, -0.25) is 19.5 Å². The van der Waals surface area contributed by atoms with E-state index < -0.39 is 0 Å². The zero-order valence-electron chi connectivity index (χ0n) is 16.1. The lowest BCUT2D eigenvalue weighted by Gasteiger charge is -2.32. The van der Waals surface area contributed by atoms with Gasteiger partial charge in [0.1, 0.15) is 0 Å². The summed E-state index contributed by atoms with van der Waals surface area (Å²) in [7, 11) is 0. The topological polar surface area (TPSA) is 124 Å². The zero-order chi connectivity index (χ0) is 20.4. The quantitative estimate of drug-likeness (QED) is 0.619. The first kappa shape index (κ1) is 18.9. The summed E-state index contributed by atoms with van der Waals surface area (Å²) >= 11 is 0. The van der Waals surface area contributed by atoms with Crippen LogP contribution in [-0.4, -0.2) is 50.2 Å².